The van der Waals surface area contributed by atoms with Crippen LogP contribution in [0.1, 0.15) is 42.9 Å². The van der Waals surface area contributed by atoms with Gasteiger partial charge < -0.3 is 11.1 Å². The Bertz CT molecular complexity index is 734. The molecular formula is C18H24N4O. The molecule has 0 spiro atoms. The largest absolute Gasteiger partial charge is 0.369 e. The molecule has 0 bridgehead atoms. The lowest BCUT2D eigenvalue weighted by Crippen LogP contribution is -2.30. The maximum Gasteiger partial charge on any atom is 0.257 e. The van der Waals surface area contributed by atoms with Gasteiger partial charge in [0.15, 0.2) is 0 Å². The van der Waals surface area contributed by atoms with Crippen LogP contribution in [0.3, 0.4) is 0 Å². The molecule has 1 unspecified atom stereocenters. The Hall–Kier alpha value is -2.30. The van der Waals surface area contributed by atoms with Gasteiger partial charge in [-0.15, -0.1) is 0 Å². The highest BCUT2D eigenvalue weighted by molar-refractivity contribution is 5.48. The standard InChI is InChI=1S/C18H24N4O/c1-11(2)14-7-5-12(6-8-14)3-4-13-9-15-16(20-10-13)21-18(19)22-17(15)23/h5-8,11,13H,3-4,9-10H2,1-2H3,(H4,19,20,21,22,23). The molecule has 0 fully saturated rings. The summed E-state index contributed by atoms with van der Waals surface area (Å²) in [6.07, 6.45) is 2.84. The molecule has 5 nitrogen and oxygen atoms in total. The number of hydrogen-bond acceptors (Lipinski definition) is 4. The van der Waals surface area contributed by atoms with Crippen molar-refractivity contribution in [2.45, 2.75) is 39.0 Å². The fraction of sp³-hybridized carbons (Fsp3) is 0.444. The molecule has 0 saturated carbocycles. The molecule has 3 rings (SSSR count). The molecule has 0 amide bonds. The molecule has 1 atom stereocenters. The molecular weight excluding hydrogens is 288 g/mol. The summed E-state index contributed by atoms with van der Waals surface area (Å²) in [7, 11) is 0. The molecule has 122 valence electrons. The number of fused-ring (bicyclic) bond motifs is 1. The first-order valence-electron chi connectivity index (χ1n) is 8.24. The summed E-state index contributed by atoms with van der Waals surface area (Å²) in [6.45, 7) is 5.25. The average Bonchev–Trinajstić information content (AvgIpc) is 2.53. The molecule has 0 aliphatic carbocycles. The second-order valence-electron chi connectivity index (χ2n) is 6.66. The summed E-state index contributed by atoms with van der Waals surface area (Å²) in [5, 5.41) is 3.24. The van der Waals surface area contributed by atoms with Crippen molar-refractivity contribution in [3.8, 4) is 0 Å². The molecule has 1 aliphatic rings. The minimum Gasteiger partial charge on any atom is -0.369 e. The van der Waals surface area contributed by atoms with Crippen LogP contribution in [0.4, 0.5) is 11.8 Å². The van der Waals surface area contributed by atoms with Gasteiger partial charge in [-0.1, -0.05) is 38.1 Å². The molecule has 0 radical (unpaired) electrons. The van der Waals surface area contributed by atoms with Crippen molar-refractivity contribution in [3.63, 3.8) is 0 Å². The number of H-pyrrole nitrogens is 1. The van der Waals surface area contributed by atoms with E-state index in [0.717, 1.165) is 31.4 Å². The molecule has 4 N–H and O–H groups in total. The van der Waals surface area contributed by atoms with Gasteiger partial charge in [0.25, 0.3) is 5.56 Å². The van der Waals surface area contributed by atoms with Gasteiger partial charge in [-0.3, -0.25) is 9.78 Å². The fourth-order valence-electron chi connectivity index (χ4n) is 3.10. The van der Waals surface area contributed by atoms with E-state index in [-0.39, 0.29) is 11.5 Å². The van der Waals surface area contributed by atoms with E-state index in [4.69, 9.17) is 5.73 Å². The SMILES string of the molecule is CC(C)c1ccc(CCC2CNc3nc(N)[nH]c(=O)c3C2)cc1. The van der Waals surface area contributed by atoms with E-state index in [1.165, 1.54) is 11.1 Å². The quantitative estimate of drug-likeness (QED) is 0.810. The van der Waals surface area contributed by atoms with E-state index >= 15 is 0 Å². The lowest BCUT2D eigenvalue weighted by molar-refractivity contribution is 0.491. The molecule has 2 heterocycles. The second-order valence-corrected chi connectivity index (χ2v) is 6.66. The number of aromatic nitrogens is 2. The summed E-state index contributed by atoms with van der Waals surface area (Å²) in [5.74, 6) is 1.82. The zero-order chi connectivity index (χ0) is 16.4. The smallest absolute Gasteiger partial charge is 0.257 e. The van der Waals surface area contributed by atoms with Crippen LogP contribution in [0, 0.1) is 5.92 Å². The first-order chi connectivity index (χ1) is 11.0. The summed E-state index contributed by atoms with van der Waals surface area (Å²) >= 11 is 0. The Labute approximate surface area is 136 Å². The number of nitrogens with two attached hydrogens (primary N) is 1. The van der Waals surface area contributed by atoms with Gasteiger partial charge in [0.05, 0.1) is 5.56 Å². The summed E-state index contributed by atoms with van der Waals surface area (Å²) in [6, 6.07) is 8.86. The van der Waals surface area contributed by atoms with Crippen molar-refractivity contribution in [2.75, 3.05) is 17.6 Å². The Morgan fingerprint density at radius 2 is 2.04 bits per heavy atom. The van der Waals surface area contributed by atoms with E-state index < -0.39 is 0 Å². The van der Waals surface area contributed by atoms with E-state index in [1.807, 2.05) is 0 Å². The maximum atomic E-state index is 12.0. The Balaban J connectivity index is 1.62. The number of aryl methyl sites for hydroxylation is 1. The molecule has 5 heteroatoms. The van der Waals surface area contributed by atoms with Gasteiger partial charge in [-0.25, -0.2) is 0 Å². The van der Waals surface area contributed by atoms with Crippen LogP contribution in [-0.4, -0.2) is 16.5 Å². The van der Waals surface area contributed by atoms with Crippen LogP contribution in [0.25, 0.3) is 0 Å². The maximum absolute atomic E-state index is 12.0. The molecule has 23 heavy (non-hydrogen) atoms. The molecule has 1 aromatic carbocycles. The van der Waals surface area contributed by atoms with E-state index in [9.17, 15) is 4.79 Å². The van der Waals surface area contributed by atoms with Crippen LogP contribution in [0.5, 0.6) is 0 Å². The van der Waals surface area contributed by atoms with Gasteiger partial charge in [0.1, 0.15) is 5.82 Å². The van der Waals surface area contributed by atoms with Crippen molar-refractivity contribution in [1.29, 1.82) is 0 Å². The highest BCUT2D eigenvalue weighted by Crippen LogP contribution is 2.24. The normalized spacial score (nSPS) is 16.9. The van der Waals surface area contributed by atoms with Crippen LogP contribution >= 0.6 is 0 Å². The molecule has 1 aromatic heterocycles. The van der Waals surface area contributed by atoms with E-state index in [2.05, 4.69) is 53.4 Å². The Morgan fingerprint density at radius 3 is 2.74 bits per heavy atom. The van der Waals surface area contributed by atoms with Crippen LogP contribution in [-0.2, 0) is 12.8 Å². The topological polar surface area (TPSA) is 83.8 Å². The number of nitrogen functional groups attached to an aromatic ring is 1. The highest BCUT2D eigenvalue weighted by atomic mass is 16.1. The van der Waals surface area contributed by atoms with Crippen molar-refractivity contribution in [2.24, 2.45) is 5.92 Å². The van der Waals surface area contributed by atoms with Gasteiger partial charge >= 0.3 is 0 Å². The monoisotopic (exact) mass is 312 g/mol. The zero-order valence-electron chi connectivity index (χ0n) is 13.7. The highest BCUT2D eigenvalue weighted by Gasteiger charge is 2.22. The lowest BCUT2D eigenvalue weighted by atomic mass is 9.90. The second kappa shape index (κ2) is 6.44. The van der Waals surface area contributed by atoms with E-state index in [0.29, 0.717) is 17.7 Å². The molecule has 0 saturated heterocycles. The van der Waals surface area contributed by atoms with Crippen molar-refractivity contribution in [1.82, 2.24) is 9.97 Å². The van der Waals surface area contributed by atoms with Crippen molar-refractivity contribution < 1.29 is 0 Å². The average molecular weight is 312 g/mol. The van der Waals surface area contributed by atoms with Gasteiger partial charge in [0, 0.05) is 6.54 Å². The first-order valence-corrected chi connectivity index (χ1v) is 8.24. The lowest BCUT2D eigenvalue weighted by Gasteiger charge is -2.24. The van der Waals surface area contributed by atoms with Gasteiger partial charge in [-0.05, 0) is 42.2 Å². The number of hydrogen-bond donors (Lipinski definition) is 3. The third-order valence-electron chi connectivity index (χ3n) is 4.57. The number of aromatic amines is 1. The minimum atomic E-state index is -0.119. The molecule has 1 aliphatic heterocycles. The number of benzene rings is 1. The summed E-state index contributed by atoms with van der Waals surface area (Å²) in [4.78, 5) is 18.7. The fourth-order valence-corrected chi connectivity index (χ4v) is 3.10. The first kappa shape index (κ1) is 15.6. The number of nitrogens with zero attached hydrogens (tertiary/aromatic N) is 1. The van der Waals surface area contributed by atoms with Gasteiger partial charge in [-0.2, -0.15) is 4.98 Å². The third-order valence-corrected chi connectivity index (χ3v) is 4.57. The van der Waals surface area contributed by atoms with Crippen molar-refractivity contribution in [3.05, 3.63) is 51.3 Å². The van der Waals surface area contributed by atoms with E-state index in [1.54, 1.807) is 0 Å². The number of nitrogens with one attached hydrogen (secondary N) is 2. The number of rotatable bonds is 4. The van der Waals surface area contributed by atoms with Crippen LogP contribution in [0.15, 0.2) is 29.1 Å². The summed E-state index contributed by atoms with van der Waals surface area (Å²) < 4.78 is 0. The predicted octanol–water partition coefficient (Wildman–Crippen LogP) is 2.69. The third kappa shape index (κ3) is 3.55. The zero-order valence-corrected chi connectivity index (χ0v) is 13.7. The Kier molecular flexibility index (Phi) is 4.37. The predicted molar refractivity (Wildman–Crippen MR) is 93.8 cm³/mol. The van der Waals surface area contributed by atoms with Crippen LogP contribution in [0.2, 0.25) is 0 Å². The minimum absolute atomic E-state index is 0.119. The summed E-state index contributed by atoms with van der Waals surface area (Å²) in [5.41, 5.74) is 8.91. The molecule has 2 aromatic rings. The number of anilines is 2. The van der Waals surface area contributed by atoms with Crippen molar-refractivity contribution >= 4 is 11.8 Å². The van der Waals surface area contributed by atoms with Crippen LogP contribution < -0.4 is 16.6 Å². The Morgan fingerprint density at radius 1 is 1.30 bits per heavy atom. The van der Waals surface area contributed by atoms with Gasteiger partial charge in [0.2, 0.25) is 5.95 Å².